The van der Waals surface area contributed by atoms with Crippen molar-refractivity contribution in [1.82, 2.24) is 24.6 Å². The van der Waals surface area contributed by atoms with Gasteiger partial charge in [-0.15, -0.1) is 10.2 Å². The zero-order valence-corrected chi connectivity index (χ0v) is 15.5. The van der Waals surface area contributed by atoms with E-state index in [1.54, 1.807) is 10.6 Å². The van der Waals surface area contributed by atoms with Crippen LogP contribution in [0.4, 0.5) is 15.9 Å². The van der Waals surface area contributed by atoms with Crippen LogP contribution in [0, 0.1) is 12.7 Å². The second-order valence-corrected chi connectivity index (χ2v) is 7.18. The number of aryl methyl sites for hydroxylation is 1. The fourth-order valence-corrected chi connectivity index (χ4v) is 4.22. The molecule has 0 fully saturated rings. The van der Waals surface area contributed by atoms with Crippen molar-refractivity contribution in [2.24, 2.45) is 0 Å². The summed E-state index contributed by atoms with van der Waals surface area (Å²) in [6.45, 7) is 2.58. The molecule has 0 aliphatic carbocycles. The SMILES string of the molecule is Cc1nnc2nc(N3CCCc4c(Br)cccc43)c3c(F)cncc3n12. The van der Waals surface area contributed by atoms with Crippen molar-refractivity contribution in [1.29, 1.82) is 0 Å². The zero-order valence-electron chi connectivity index (χ0n) is 13.9. The lowest BCUT2D eigenvalue weighted by molar-refractivity contribution is 0.632. The summed E-state index contributed by atoms with van der Waals surface area (Å²) < 4.78 is 17.6. The number of nitrogens with zero attached hydrogens (tertiary/aromatic N) is 6. The van der Waals surface area contributed by atoms with Crippen molar-refractivity contribution in [2.75, 3.05) is 11.4 Å². The smallest absolute Gasteiger partial charge is 0.257 e. The van der Waals surface area contributed by atoms with Crippen LogP contribution < -0.4 is 4.90 Å². The maximum atomic E-state index is 14.8. The number of rotatable bonds is 1. The summed E-state index contributed by atoms with van der Waals surface area (Å²) in [5.41, 5.74) is 2.87. The highest BCUT2D eigenvalue weighted by Gasteiger charge is 2.25. The van der Waals surface area contributed by atoms with E-state index in [0.29, 0.717) is 28.3 Å². The average Bonchev–Trinajstić information content (AvgIpc) is 3.02. The lowest BCUT2D eigenvalue weighted by Gasteiger charge is -2.31. The number of anilines is 2. The Morgan fingerprint density at radius 3 is 2.96 bits per heavy atom. The van der Waals surface area contributed by atoms with Gasteiger partial charge >= 0.3 is 0 Å². The van der Waals surface area contributed by atoms with E-state index in [4.69, 9.17) is 0 Å². The van der Waals surface area contributed by atoms with E-state index in [1.165, 1.54) is 11.8 Å². The van der Waals surface area contributed by atoms with Crippen LogP contribution in [0.3, 0.4) is 0 Å². The summed E-state index contributed by atoms with van der Waals surface area (Å²) in [6, 6.07) is 6.07. The molecule has 1 aliphatic heterocycles. The maximum absolute atomic E-state index is 14.8. The third-order valence-electron chi connectivity index (χ3n) is 4.81. The van der Waals surface area contributed by atoms with E-state index < -0.39 is 5.82 Å². The molecule has 4 aromatic rings. The molecule has 0 bridgehead atoms. The molecule has 5 rings (SSSR count). The number of fused-ring (bicyclic) bond motifs is 4. The van der Waals surface area contributed by atoms with Crippen molar-refractivity contribution >= 4 is 44.1 Å². The van der Waals surface area contributed by atoms with E-state index >= 15 is 0 Å². The highest BCUT2D eigenvalue weighted by molar-refractivity contribution is 9.10. The summed E-state index contributed by atoms with van der Waals surface area (Å²) in [4.78, 5) is 10.8. The van der Waals surface area contributed by atoms with Gasteiger partial charge in [0.2, 0.25) is 0 Å². The van der Waals surface area contributed by atoms with Crippen LogP contribution in [-0.2, 0) is 6.42 Å². The Kier molecular flexibility index (Phi) is 3.43. The Hall–Kier alpha value is -2.61. The van der Waals surface area contributed by atoms with Crippen molar-refractivity contribution < 1.29 is 4.39 Å². The van der Waals surface area contributed by atoms with Gasteiger partial charge in [-0.3, -0.25) is 9.38 Å². The maximum Gasteiger partial charge on any atom is 0.257 e. The number of hydrogen-bond acceptors (Lipinski definition) is 5. The van der Waals surface area contributed by atoms with Gasteiger partial charge < -0.3 is 4.90 Å². The summed E-state index contributed by atoms with van der Waals surface area (Å²) >= 11 is 3.63. The molecule has 6 nitrogen and oxygen atoms in total. The fourth-order valence-electron chi connectivity index (χ4n) is 3.67. The molecule has 0 saturated heterocycles. The Balaban J connectivity index is 1.87. The zero-order chi connectivity index (χ0) is 17.8. The Bertz CT molecular complexity index is 1170. The highest BCUT2D eigenvalue weighted by atomic mass is 79.9. The third kappa shape index (κ3) is 2.14. The van der Waals surface area contributed by atoms with Crippen LogP contribution in [0.2, 0.25) is 0 Å². The predicted octanol–water partition coefficient (Wildman–Crippen LogP) is 3.97. The van der Waals surface area contributed by atoms with Gasteiger partial charge in [-0.25, -0.2) is 4.39 Å². The minimum atomic E-state index is -0.401. The molecule has 4 heterocycles. The van der Waals surface area contributed by atoms with Crippen LogP contribution in [0.5, 0.6) is 0 Å². The molecule has 0 atom stereocenters. The van der Waals surface area contributed by atoms with Crippen LogP contribution in [0.15, 0.2) is 35.1 Å². The number of aromatic nitrogens is 5. The molecule has 3 aromatic heterocycles. The highest BCUT2D eigenvalue weighted by Crippen LogP contribution is 2.39. The first-order chi connectivity index (χ1) is 12.6. The second-order valence-electron chi connectivity index (χ2n) is 6.33. The van der Waals surface area contributed by atoms with Gasteiger partial charge in [0.25, 0.3) is 5.78 Å². The van der Waals surface area contributed by atoms with Crippen LogP contribution >= 0.6 is 15.9 Å². The normalized spacial score (nSPS) is 14.2. The van der Waals surface area contributed by atoms with Gasteiger partial charge in [0, 0.05) is 16.7 Å². The lowest BCUT2D eigenvalue weighted by Crippen LogP contribution is -2.26. The van der Waals surface area contributed by atoms with Gasteiger partial charge in [0.1, 0.15) is 11.6 Å². The topological polar surface area (TPSA) is 59.2 Å². The summed E-state index contributed by atoms with van der Waals surface area (Å²) in [5, 5.41) is 8.67. The monoisotopic (exact) mass is 412 g/mol. The summed E-state index contributed by atoms with van der Waals surface area (Å²) in [7, 11) is 0. The Morgan fingerprint density at radius 2 is 2.08 bits per heavy atom. The minimum Gasteiger partial charge on any atom is -0.325 e. The quantitative estimate of drug-likeness (QED) is 0.473. The van der Waals surface area contributed by atoms with Gasteiger partial charge in [-0.2, -0.15) is 4.98 Å². The molecule has 8 heteroatoms. The molecule has 0 spiro atoms. The Labute approximate surface area is 156 Å². The molecule has 0 unspecified atom stereocenters. The second kappa shape index (κ2) is 5.70. The molecule has 130 valence electrons. The van der Waals surface area contributed by atoms with E-state index in [2.05, 4.69) is 41.0 Å². The fraction of sp³-hybridized carbons (Fsp3) is 0.222. The van der Waals surface area contributed by atoms with Crippen LogP contribution in [0.25, 0.3) is 16.7 Å². The van der Waals surface area contributed by atoms with E-state index in [1.807, 2.05) is 25.1 Å². The molecule has 26 heavy (non-hydrogen) atoms. The average molecular weight is 413 g/mol. The van der Waals surface area contributed by atoms with E-state index in [9.17, 15) is 4.39 Å². The molecular weight excluding hydrogens is 399 g/mol. The first-order valence-corrected chi connectivity index (χ1v) is 9.14. The molecule has 0 N–H and O–H groups in total. The first kappa shape index (κ1) is 15.6. The van der Waals surface area contributed by atoms with Crippen molar-refractivity contribution in [3.8, 4) is 0 Å². The van der Waals surface area contributed by atoms with E-state index in [-0.39, 0.29) is 0 Å². The molecule has 0 radical (unpaired) electrons. The molecule has 0 saturated carbocycles. The lowest BCUT2D eigenvalue weighted by atomic mass is 10.0. The Morgan fingerprint density at radius 1 is 1.19 bits per heavy atom. The number of pyridine rings is 1. The summed E-state index contributed by atoms with van der Waals surface area (Å²) in [5.74, 6) is 1.25. The van der Waals surface area contributed by atoms with E-state index in [0.717, 1.165) is 29.5 Å². The standard InChI is InChI=1S/C18H14BrFN6/c1-10-23-24-18-22-17(16-13(20)8-21-9-15(16)26(10)18)25-7-3-4-11-12(19)5-2-6-14(11)25/h2,5-6,8-9H,3-4,7H2,1H3. The van der Waals surface area contributed by atoms with Crippen LogP contribution in [0.1, 0.15) is 17.8 Å². The van der Waals surface area contributed by atoms with Crippen LogP contribution in [-0.4, -0.2) is 31.1 Å². The number of halogens is 2. The van der Waals surface area contributed by atoms with Crippen molar-refractivity contribution in [2.45, 2.75) is 19.8 Å². The first-order valence-electron chi connectivity index (χ1n) is 8.35. The van der Waals surface area contributed by atoms with Crippen molar-refractivity contribution in [3.63, 3.8) is 0 Å². The molecule has 1 aliphatic rings. The van der Waals surface area contributed by atoms with Gasteiger partial charge in [-0.1, -0.05) is 22.0 Å². The molecule has 0 amide bonds. The van der Waals surface area contributed by atoms with Crippen molar-refractivity contribution in [3.05, 3.63) is 52.3 Å². The molecule has 1 aromatic carbocycles. The predicted molar refractivity (Wildman–Crippen MR) is 100 cm³/mol. The summed E-state index contributed by atoms with van der Waals surface area (Å²) in [6.07, 6.45) is 4.80. The number of benzene rings is 1. The van der Waals surface area contributed by atoms with Gasteiger partial charge in [0.15, 0.2) is 5.82 Å². The third-order valence-corrected chi connectivity index (χ3v) is 5.55. The number of hydrogen-bond donors (Lipinski definition) is 0. The largest absolute Gasteiger partial charge is 0.325 e. The molecular formula is C18H14BrFN6. The van der Waals surface area contributed by atoms with Gasteiger partial charge in [-0.05, 0) is 37.5 Å². The van der Waals surface area contributed by atoms with Gasteiger partial charge in [0.05, 0.1) is 23.3 Å². The minimum absolute atomic E-state index is 0.401.